The van der Waals surface area contributed by atoms with Gasteiger partial charge in [0.25, 0.3) is 17.6 Å². The number of nitrogens with one attached hydrogen (secondary N) is 1. The molecule has 1 aliphatic rings. The normalized spacial score (nSPS) is 14.4. The SMILES string of the molecule is Nc1ccccc1-c1nc(C(=O)NC2CC2)no1. The van der Waals surface area contributed by atoms with Gasteiger partial charge in [0.2, 0.25) is 0 Å². The molecule has 1 aliphatic carbocycles. The summed E-state index contributed by atoms with van der Waals surface area (Å²) in [6.07, 6.45) is 2.03. The van der Waals surface area contributed by atoms with Gasteiger partial charge in [0.1, 0.15) is 0 Å². The summed E-state index contributed by atoms with van der Waals surface area (Å²) < 4.78 is 5.05. The Bertz CT molecular complexity index is 589. The molecule has 18 heavy (non-hydrogen) atoms. The molecule has 0 unspecified atom stereocenters. The van der Waals surface area contributed by atoms with Crippen molar-refractivity contribution in [1.29, 1.82) is 0 Å². The summed E-state index contributed by atoms with van der Waals surface area (Å²) in [6, 6.07) is 7.41. The average molecular weight is 244 g/mol. The first kappa shape index (κ1) is 10.8. The molecular weight excluding hydrogens is 232 g/mol. The van der Waals surface area contributed by atoms with Gasteiger partial charge in [-0.1, -0.05) is 17.3 Å². The molecule has 0 atom stereocenters. The van der Waals surface area contributed by atoms with Crippen LogP contribution in [0.1, 0.15) is 23.5 Å². The summed E-state index contributed by atoms with van der Waals surface area (Å²) in [5.41, 5.74) is 6.97. The van der Waals surface area contributed by atoms with Gasteiger partial charge in [0, 0.05) is 11.7 Å². The van der Waals surface area contributed by atoms with Crippen molar-refractivity contribution in [3.63, 3.8) is 0 Å². The highest BCUT2D eigenvalue weighted by molar-refractivity contribution is 5.91. The van der Waals surface area contributed by atoms with E-state index in [0.29, 0.717) is 11.3 Å². The van der Waals surface area contributed by atoms with E-state index in [1.165, 1.54) is 0 Å². The number of aromatic nitrogens is 2. The van der Waals surface area contributed by atoms with Crippen molar-refractivity contribution >= 4 is 11.6 Å². The Morgan fingerprint density at radius 2 is 2.17 bits per heavy atom. The number of nitrogens with two attached hydrogens (primary N) is 1. The standard InChI is InChI=1S/C12H12N4O2/c13-9-4-2-1-3-8(9)12-15-10(16-18-12)11(17)14-7-5-6-7/h1-4,7H,5-6,13H2,(H,14,17). The monoisotopic (exact) mass is 244 g/mol. The number of hydrogen-bond acceptors (Lipinski definition) is 5. The lowest BCUT2D eigenvalue weighted by atomic mass is 10.2. The number of amides is 1. The number of carbonyl (C=O) groups excluding carboxylic acids is 1. The second-order valence-electron chi connectivity index (χ2n) is 4.26. The molecule has 1 aromatic carbocycles. The third kappa shape index (κ3) is 2.04. The third-order valence-electron chi connectivity index (χ3n) is 2.73. The number of benzene rings is 1. The third-order valence-corrected chi connectivity index (χ3v) is 2.73. The van der Waals surface area contributed by atoms with Gasteiger partial charge in [-0.05, 0) is 25.0 Å². The Morgan fingerprint density at radius 3 is 2.89 bits per heavy atom. The van der Waals surface area contributed by atoms with Crippen molar-refractivity contribution in [1.82, 2.24) is 15.5 Å². The number of hydrogen-bond donors (Lipinski definition) is 2. The fourth-order valence-corrected chi connectivity index (χ4v) is 1.59. The minimum atomic E-state index is -0.304. The van der Waals surface area contributed by atoms with E-state index in [2.05, 4.69) is 15.5 Å². The number of carbonyl (C=O) groups is 1. The van der Waals surface area contributed by atoms with Crippen LogP contribution in [0.5, 0.6) is 0 Å². The maximum atomic E-state index is 11.7. The van der Waals surface area contributed by atoms with Crippen LogP contribution in [-0.2, 0) is 0 Å². The van der Waals surface area contributed by atoms with Crippen molar-refractivity contribution in [2.24, 2.45) is 0 Å². The molecule has 6 nitrogen and oxygen atoms in total. The molecule has 0 aliphatic heterocycles. The quantitative estimate of drug-likeness (QED) is 0.791. The molecule has 0 radical (unpaired) electrons. The van der Waals surface area contributed by atoms with Crippen molar-refractivity contribution in [2.45, 2.75) is 18.9 Å². The van der Waals surface area contributed by atoms with Crippen LogP contribution in [0.25, 0.3) is 11.5 Å². The van der Waals surface area contributed by atoms with E-state index in [4.69, 9.17) is 10.3 Å². The smallest absolute Gasteiger partial charge is 0.292 e. The maximum Gasteiger partial charge on any atom is 0.292 e. The van der Waals surface area contributed by atoms with Gasteiger partial charge < -0.3 is 15.6 Å². The Hall–Kier alpha value is -2.37. The molecule has 3 N–H and O–H groups in total. The van der Waals surface area contributed by atoms with Crippen molar-refractivity contribution in [3.8, 4) is 11.5 Å². The molecule has 1 amide bonds. The molecule has 1 aromatic heterocycles. The highest BCUT2D eigenvalue weighted by atomic mass is 16.5. The van der Waals surface area contributed by atoms with Gasteiger partial charge in [-0.3, -0.25) is 4.79 Å². The molecule has 1 saturated carbocycles. The number of rotatable bonds is 3. The van der Waals surface area contributed by atoms with E-state index in [0.717, 1.165) is 12.8 Å². The van der Waals surface area contributed by atoms with E-state index in [-0.39, 0.29) is 23.7 Å². The Morgan fingerprint density at radius 1 is 1.39 bits per heavy atom. The van der Waals surface area contributed by atoms with Crippen LogP contribution in [0.4, 0.5) is 5.69 Å². The first-order chi connectivity index (χ1) is 8.74. The maximum absolute atomic E-state index is 11.7. The molecule has 1 fully saturated rings. The minimum Gasteiger partial charge on any atom is -0.398 e. The summed E-state index contributed by atoms with van der Waals surface area (Å²) in [5, 5.41) is 6.46. The van der Waals surface area contributed by atoms with Crippen LogP contribution in [0.3, 0.4) is 0 Å². The molecule has 6 heteroatoms. The summed E-state index contributed by atoms with van der Waals surface area (Å²) >= 11 is 0. The Balaban J connectivity index is 1.84. The van der Waals surface area contributed by atoms with Crippen molar-refractivity contribution in [2.75, 3.05) is 5.73 Å². The highest BCUT2D eigenvalue weighted by Crippen LogP contribution is 2.24. The zero-order chi connectivity index (χ0) is 12.5. The Labute approximate surface area is 103 Å². The lowest BCUT2D eigenvalue weighted by molar-refractivity contribution is 0.0937. The van der Waals surface area contributed by atoms with E-state index < -0.39 is 0 Å². The average Bonchev–Trinajstić information content (AvgIpc) is 3.04. The van der Waals surface area contributed by atoms with E-state index >= 15 is 0 Å². The number of para-hydroxylation sites is 1. The number of nitrogen functional groups attached to an aromatic ring is 1. The lowest BCUT2D eigenvalue weighted by Crippen LogP contribution is -2.26. The highest BCUT2D eigenvalue weighted by Gasteiger charge is 2.26. The molecule has 0 bridgehead atoms. The van der Waals surface area contributed by atoms with Crippen LogP contribution >= 0.6 is 0 Å². The lowest BCUT2D eigenvalue weighted by Gasteiger charge is -1.98. The summed E-state index contributed by atoms with van der Waals surface area (Å²) in [7, 11) is 0. The van der Waals surface area contributed by atoms with Crippen LogP contribution in [0.2, 0.25) is 0 Å². The van der Waals surface area contributed by atoms with Crippen LogP contribution < -0.4 is 11.1 Å². The van der Waals surface area contributed by atoms with Crippen molar-refractivity contribution < 1.29 is 9.32 Å². The van der Waals surface area contributed by atoms with Crippen LogP contribution in [-0.4, -0.2) is 22.1 Å². The van der Waals surface area contributed by atoms with E-state index in [9.17, 15) is 4.79 Å². The zero-order valence-corrected chi connectivity index (χ0v) is 9.59. The Kier molecular flexibility index (Phi) is 2.47. The number of anilines is 1. The molecule has 1 heterocycles. The van der Waals surface area contributed by atoms with Crippen molar-refractivity contribution in [3.05, 3.63) is 30.1 Å². The van der Waals surface area contributed by atoms with E-state index in [1.54, 1.807) is 12.1 Å². The largest absolute Gasteiger partial charge is 0.398 e. The van der Waals surface area contributed by atoms with Gasteiger partial charge in [-0.2, -0.15) is 4.98 Å². The number of nitrogens with zero attached hydrogens (tertiary/aromatic N) is 2. The van der Waals surface area contributed by atoms with Crippen LogP contribution in [0, 0.1) is 0 Å². The van der Waals surface area contributed by atoms with Gasteiger partial charge in [0.15, 0.2) is 0 Å². The molecule has 0 saturated heterocycles. The summed E-state index contributed by atoms with van der Waals surface area (Å²) in [6.45, 7) is 0. The predicted octanol–water partition coefficient (Wildman–Crippen LogP) is 1.21. The second-order valence-corrected chi connectivity index (χ2v) is 4.26. The van der Waals surface area contributed by atoms with Gasteiger partial charge in [-0.15, -0.1) is 0 Å². The first-order valence-electron chi connectivity index (χ1n) is 5.73. The topological polar surface area (TPSA) is 94.0 Å². The molecule has 3 rings (SSSR count). The summed E-state index contributed by atoms with van der Waals surface area (Å²) in [5.74, 6) is -0.00352. The molecular formula is C12H12N4O2. The molecule has 0 spiro atoms. The molecule has 2 aromatic rings. The van der Waals surface area contributed by atoms with Gasteiger partial charge in [-0.25, -0.2) is 0 Å². The van der Waals surface area contributed by atoms with Gasteiger partial charge >= 0.3 is 0 Å². The fourth-order valence-electron chi connectivity index (χ4n) is 1.59. The zero-order valence-electron chi connectivity index (χ0n) is 9.59. The van der Waals surface area contributed by atoms with Gasteiger partial charge in [0.05, 0.1) is 5.56 Å². The van der Waals surface area contributed by atoms with Crippen LogP contribution in [0.15, 0.2) is 28.8 Å². The fraction of sp³-hybridized carbons (Fsp3) is 0.250. The van der Waals surface area contributed by atoms with E-state index in [1.807, 2.05) is 12.1 Å². The second kappa shape index (κ2) is 4.14. The summed E-state index contributed by atoms with van der Waals surface area (Å²) in [4.78, 5) is 15.7. The predicted molar refractivity (Wildman–Crippen MR) is 64.6 cm³/mol. The first-order valence-corrected chi connectivity index (χ1v) is 5.73. The molecule has 92 valence electrons. The minimum absolute atomic E-state index is 0.0418.